The number of nitrogens with one attached hydrogen (secondary N) is 1. The van der Waals surface area contributed by atoms with E-state index in [0.717, 1.165) is 16.0 Å². The van der Waals surface area contributed by atoms with E-state index in [1.807, 2.05) is 63.4 Å². The molecule has 0 saturated carbocycles. The molecule has 32 heavy (non-hydrogen) atoms. The van der Waals surface area contributed by atoms with Gasteiger partial charge in [0.2, 0.25) is 5.43 Å². The fraction of sp³-hybridized carbons (Fsp3) is 0.320. The maximum absolute atomic E-state index is 13.7. The van der Waals surface area contributed by atoms with Crippen LogP contribution in [0.5, 0.6) is 5.75 Å². The average molecular weight is 450 g/mol. The molecule has 1 N–H and O–H groups in total. The summed E-state index contributed by atoms with van der Waals surface area (Å²) in [6, 6.07) is 11.4. The number of hydrogen-bond acceptors (Lipinski definition) is 5. The maximum Gasteiger partial charge on any atom is 0.263 e. The van der Waals surface area contributed by atoms with Gasteiger partial charge in [0, 0.05) is 34.8 Å². The highest BCUT2D eigenvalue weighted by molar-refractivity contribution is 7.17. The molecule has 6 nitrogen and oxygen atoms in total. The average Bonchev–Trinajstić information content (AvgIpc) is 3.19. The van der Waals surface area contributed by atoms with Crippen LogP contribution in [-0.2, 0) is 6.54 Å². The second-order valence-corrected chi connectivity index (χ2v) is 9.46. The summed E-state index contributed by atoms with van der Waals surface area (Å²) in [6.07, 6.45) is 1.58. The molecule has 0 atom stereocenters. The molecule has 166 valence electrons. The predicted octanol–water partition coefficient (Wildman–Crippen LogP) is 5.02. The Kier molecular flexibility index (Phi) is 6.28. The van der Waals surface area contributed by atoms with Crippen molar-refractivity contribution in [3.05, 3.63) is 80.1 Å². The standard InChI is InChI=1S/C25H27N3O3S/c1-15(2)13-31-21-11-26-18(10-20(21)29)12-28-23(16(3)4)27-24-22(25(28)30)19(14-32-24)17-8-6-5-7-9-17/h5-11,14-16H,12-13H2,1-4H3,(H,26,29). The summed E-state index contributed by atoms with van der Waals surface area (Å²) in [5.74, 6) is 1.36. The number of H-pyrrole nitrogens is 1. The monoisotopic (exact) mass is 449 g/mol. The third-order valence-electron chi connectivity index (χ3n) is 5.16. The SMILES string of the molecule is CC(C)COc1c[nH]c(Cn2c(C(C)C)nc3scc(-c4ccccc4)c3c2=O)cc1=O. The summed E-state index contributed by atoms with van der Waals surface area (Å²) in [5, 5.41) is 2.61. The van der Waals surface area contributed by atoms with E-state index in [1.54, 1.807) is 10.8 Å². The smallest absolute Gasteiger partial charge is 0.263 e. The highest BCUT2D eigenvalue weighted by Gasteiger charge is 2.19. The molecule has 3 aromatic heterocycles. The van der Waals surface area contributed by atoms with Crippen molar-refractivity contribution in [1.82, 2.24) is 14.5 Å². The molecule has 0 aliphatic rings. The minimum atomic E-state index is -0.201. The zero-order chi connectivity index (χ0) is 22.8. The van der Waals surface area contributed by atoms with Crippen molar-refractivity contribution in [2.24, 2.45) is 5.92 Å². The topological polar surface area (TPSA) is 77.0 Å². The summed E-state index contributed by atoms with van der Waals surface area (Å²) in [5.41, 5.74) is 2.21. The van der Waals surface area contributed by atoms with E-state index in [4.69, 9.17) is 9.72 Å². The van der Waals surface area contributed by atoms with E-state index in [-0.39, 0.29) is 29.2 Å². The lowest BCUT2D eigenvalue weighted by molar-refractivity contribution is 0.267. The molecule has 0 aliphatic carbocycles. The first-order valence-electron chi connectivity index (χ1n) is 10.8. The fourth-order valence-corrected chi connectivity index (χ4v) is 4.54. The van der Waals surface area contributed by atoms with Crippen molar-refractivity contribution >= 4 is 21.6 Å². The first-order valence-corrected chi connectivity index (χ1v) is 11.6. The molecule has 4 aromatic rings. The van der Waals surface area contributed by atoms with Crippen LogP contribution >= 0.6 is 11.3 Å². The number of nitrogens with zero attached hydrogens (tertiary/aromatic N) is 2. The van der Waals surface area contributed by atoms with Gasteiger partial charge < -0.3 is 9.72 Å². The van der Waals surface area contributed by atoms with Crippen molar-refractivity contribution in [2.45, 2.75) is 40.2 Å². The van der Waals surface area contributed by atoms with Crippen molar-refractivity contribution in [3.63, 3.8) is 0 Å². The van der Waals surface area contributed by atoms with E-state index in [2.05, 4.69) is 4.98 Å². The van der Waals surface area contributed by atoms with Crippen LogP contribution in [0.4, 0.5) is 0 Å². The van der Waals surface area contributed by atoms with Crippen molar-refractivity contribution in [1.29, 1.82) is 0 Å². The Morgan fingerprint density at radius 1 is 1.12 bits per heavy atom. The third kappa shape index (κ3) is 4.39. The molecule has 0 saturated heterocycles. The van der Waals surface area contributed by atoms with Gasteiger partial charge in [-0.15, -0.1) is 11.3 Å². The van der Waals surface area contributed by atoms with Crippen LogP contribution in [0.25, 0.3) is 21.3 Å². The van der Waals surface area contributed by atoms with E-state index in [1.165, 1.54) is 17.4 Å². The van der Waals surface area contributed by atoms with Crippen LogP contribution in [0.2, 0.25) is 0 Å². The number of ether oxygens (including phenoxy) is 1. The zero-order valence-electron chi connectivity index (χ0n) is 18.7. The maximum atomic E-state index is 13.7. The van der Waals surface area contributed by atoms with Gasteiger partial charge in [-0.1, -0.05) is 58.0 Å². The first kappa shape index (κ1) is 22.0. The normalized spacial score (nSPS) is 11.6. The van der Waals surface area contributed by atoms with Gasteiger partial charge in [-0.3, -0.25) is 14.2 Å². The molecule has 0 fully saturated rings. The Hall–Kier alpha value is -3.19. The lowest BCUT2D eigenvalue weighted by atomic mass is 10.1. The van der Waals surface area contributed by atoms with Crippen LogP contribution in [0, 0.1) is 5.92 Å². The van der Waals surface area contributed by atoms with Crippen LogP contribution in [0.1, 0.15) is 45.1 Å². The van der Waals surface area contributed by atoms with Gasteiger partial charge in [0.05, 0.1) is 18.5 Å². The van der Waals surface area contributed by atoms with Crippen LogP contribution in [0.15, 0.2) is 57.6 Å². The molecule has 0 unspecified atom stereocenters. The summed E-state index contributed by atoms with van der Waals surface area (Å²) in [7, 11) is 0. The second-order valence-electron chi connectivity index (χ2n) is 8.60. The Morgan fingerprint density at radius 3 is 2.53 bits per heavy atom. The Morgan fingerprint density at radius 2 is 1.88 bits per heavy atom. The number of rotatable bonds is 7. The number of aromatic amines is 1. The molecule has 0 bridgehead atoms. The van der Waals surface area contributed by atoms with Crippen molar-refractivity contribution in [2.75, 3.05) is 6.61 Å². The summed E-state index contributed by atoms with van der Waals surface area (Å²) in [4.78, 5) is 34.9. The van der Waals surface area contributed by atoms with Gasteiger partial charge in [-0.2, -0.15) is 0 Å². The second kappa shape index (κ2) is 9.12. The molecule has 0 radical (unpaired) electrons. The van der Waals surface area contributed by atoms with Crippen molar-refractivity contribution in [3.8, 4) is 16.9 Å². The summed E-state index contributed by atoms with van der Waals surface area (Å²) < 4.78 is 7.25. The minimum Gasteiger partial charge on any atom is -0.488 e. The first-order chi connectivity index (χ1) is 15.3. The molecule has 4 rings (SSSR count). The number of hydrogen-bond donors (Lipinski definition) is 1. The Balaban J connectivity index is 1.79. The lowest BCUT2D eigenvalue weighted by Gasteiger charge is -2.16. The number of benzene rings is 1. The number of pyridine rings is 1. The molecule has 0 amide bonds. The van der Waals surface area contributed by atoms with E-state index >= 15 is 0 Å². The molecular weight excluding hydrogens is 422 g/mol. The van der Waals surface area contributed by atoms with Crippen LogP contribution < -0.4 is 15.7 Å². The largest absolute Gasteiger partial charge is 0.488 e. The van der Waals surface area contributed by atoms with Crippen LogP contribution in [0.3, 0.4) is 0 Å². The lowest BCUT2D eigenvalue weighted by Crippen LogP contribution is -2.27. The van der Waals surface area contributed by atoms with Gasteiger partial charge in [-0.05, 0) is 11.5 Å². The highest BCUT2D eigenvalue weighted by atomic mass is 32.1. The molecular formula is C25H27N3O3S. The van der Waals surface area contributed by atoms with Gasteiger partial charge in [-0.25, -0.2) is 4.98 Å². The molecule has 7 heteroatoms. The fourth-order valence-electron chi connectivity index (χ4n) is 3.60. The van der Waals surface area contributed by atoms with Gasteiger partial charge in [0.15, 0.2) is 5.75 Å². The van der Waals surface area contributed by atoms with Crippen LogP contribution in [-0.4, -0.2) is 21.1 Å². The Labute approximate surface area is 190 Å². The predicted molar refractivity (Wildman–Crippen MR) is 130 cm³/mol. The van der Waals surface area contributed by atoms with Gasteiger partial charge >= 0.3 is 0 Å². The summed E-state index contributed by atoms with van der Waals surface area (Å²) >= 11 is 1.48. The third-order valence-corrected chi connectivity index (χ3v) is 6.03. The molecule has 0 aliphatic heterocycles. The molecule has 3 heterocycles. The van der Waals surface area contributed by atoms with Gasteiger partial charge in [0.1, 0.15) is 10.7 Å². The van der Waals surface area contributed by atoms with Crippen molar-refractivity contribution < 1.29 is 4.74 Å². The number of thiophene rings is 1. The molecule has 0 spiro atoms. The Bertz CT molecular complexity index is 1350. The van der Waals surface area contributed by atoms with E-state index < -0.39 is 0 Å². The quantitative estimate of drug-likeness (QED) is 0.430. The molecule has 1 aromatic carbocycles. The minimum absolute atomic E-state index is 0.0507. The van der Waals surface area contributed by atoms with E-state index in [9.17, 15) is 9.59 Å². The highest BCUT2D eigenvalue weighted by Crippen LogP contribution is 2.31. The number of aromatic nitrogens is 3. The number of fused-ring (bicyclic) bond motifs is 1. The van der Waals surface area contributed by atoms with E-state index in [0.29, 0.717) is 29.4 Å². The summed E-state index contributed by atoms with van der Waals surface area (Å²) in [6.45, 7) is 8.79. The van der Waals surface area contributed by atoms with Gasteiger partial charge in [0.25, 0.3) is 5.56 Å². The zero-order valence-corrected chi connectivity index (χ0v) is 19.5.